The van der Waals surface area contributed by atoms with Crippen LogP contribution < -0.4 is 10.6 Å². The maximum atomic E-state index is 9.82. The first kappa shape index (κ1) is 13.9. The van der Waals surface area contributed by atoms with E-state index >= 15 is 0 Å². The van der Waals surface area contributed by atoms with E-state index in [0.29, 0.717) is 24.4 Å². The average Bonchev–Trinajstić information content (AvgIpc) is 3.11. The molecule has 0 aliphatic carbocycles. The molecule has 3 aromatic heterocycles. The van der Waals surface area contributed by atoms with Crippen molar-refractivity contribution in [3.63, 3.8) is 0 Å². The molecule has 23 heavy (non-hydrogen) atoms. The van der Waals surface area contributed by atoms with Gasteiger partial charge in [0.05, 0.1) is 29.0 Å². The molecule has 1 aliphatic rings. The number of nitrogens with zero attached hydrogens (tertiary/aromatic N) is 4. The summed E-state index contributed by atoms with van der Waals surface area (Å²) in [6.07, 6.45) is 3.62. The van der Waals surface area contributed by atoms with Crippen molar-refractivity contribution >= 4 is 22.7 Å². The number of hydrogen-bond acceptors (Lipinski definition) is 7. The van der Waals surface area contributed by atoms with Gasteiger partial charge in [0.2, 0.25) is 5.95 Å². The molecule has 8 nitrogen and oxygen atoms in total. The number of aromatic nitrogens is 4. The minimum absolute atomic E-state index is 0.203. The Morgan fingerprint density at radius 2 is 1.87 bits per heavy atom. The van der Waals surface area contributed by atoms with Gasteiger partial charge in [-0.05, 0) is 12.1 Å². The molecule has 0 saturated carbocycles. The zero-order valence-electron chi connectivity index (χ0n) is 12.2. The van der Waals surface area contributed by atoms with Crippen LogP contribution in [0.2, 0.25) is 0 Å². The molecule has 0 unspecified atom stereocenters. The number of rotatable bonds is 2. The molecule has 0 spiro atoms. The lowest BCUT2D eigenvalue weighted by Gasteiger charge is -2.19. The van der Waals surface area contributed by atoms with Gasteiger partial charge in [-0.15, -0.1) is 0 Å². The van der Waals surface area contributed by atoms with Gasteiger partial charge in [0.15, 0.2) is 0 Å². The van der Waals surface area contributed by atoms with Crippen LogP contribution in [0, 0.1) is 0 Å². The van der Waals surface area contributed by atoms with Crippen molar-refractivity contribution in [1.82, 2.24) is 19.9 Å². The Labute approximate surface area is 131 Å². The third kappa shape index (κ3) is 2.28. The van der Waals surface area contributed by atoms with Gasteiger partial charge in [0.25, 0.3) is 0 Å². The molecule has 118 valence electrons. The maximum Gasteiger partial charge on any atom is 0.220 e. The topological polar surface area (TPSA) is 124 Å². The number of H-pyrrole nitrogens is 1. The van der Waals surface area contributed by atoms with E-state index in [1.165, 1.54) is 0 Å². The van der Waals surface area contributed by atoms with Crippen LogP contribution in [0.3, 0.4) is 0 Å². The molecule has 2 atom stereocenters. The number of pyridine rings is 1. The maximum absolute atomic E-state index is 9.82. The molecule has 0 bridgehead atoms. The second-order valence-corrected chi connectivity index (χ2v) is 5.60. The molecule has 8 heteroatoms. The Balaban J connectivity index is 1.88. The fraction of sp³-hybridized carbons (Fsp3) is 0.267. The highest BCUT2D eigenvalue weighted by Gasteiger charge is 2.31. The van der Waals surface area contributed by atoms with Crippen molar-refractivity contribution in [1.29, 1.82) is 0 Å². The number of fused-ring (bicyclic) bond motifs is 1. The first-order valence-corrected chi connectivity index (χ1v) is 7.29. The molecule has 4 rings (SSSR count). The number of nitrogen functional groups attached to an aromatic ring is 1. The molecule has 5 N–H and O–H groups in total. The van der Waals surface area contributed by atoms with Crippen LogP contribution in [-0.2, 0) is 0 Å². The number of nitrogens with two attached hydrogens (primary N) is 1. The van der Waals surface area contributed by atoms with Crippen molar-refractivity contribution in [2.75, 3.05) is 23.7 Å². The molecular formula is C15H16N6O2. The molecule has 4 heterocycles. The van der Waals surface area contributed by atoms with E-state index in [1.807, 2.05) is 17.2 Å². The molecule has 1 aliphatic heterocycles. The van der Waals surface area contributed by atoms with Gasteiger partial charge in [-0.2, -0.15) is 0 Å². The molecule has 0 radical (unpaired) electrons. The lowest BCUT2D eigenvalue weighted by Crippen LogP contribution is -2.22. The highest BCUT2D eigenvalue weighted by atomic mass is 16.3. The van der Waals surface area contributed by atoms with Crippen molar-refractivity contribution in [3.05, 3.63) is 30.7 Å². The number of anilines is 2. The summed E-state index contributed by atoms with van der Waals surface area (Å²) < 4.78 is 0. The second kappa shape index (κ2) is 5.18. The number of hydrogen-bond donors (Lipinski definition) is 4. The van der Waals surface area contributed by atoms with Gasteiger partial charge in [-0.25, -0.2) is 15.0 Å². The highest BCUT2D eigenvalue weighted by molar-refractivity contribution is 6.02. The third-order valence-corrected chi connectivity index (χ3v) is 4.10. The fourth-order valence-corrected chi connectivity index (χ4v) is 2.99. The van der Waals surface area contributed by atoms with Gasteiger partial charge in [0.1, 0.15) is 5.65 Å². The van der Waals surface area contributed by atoms with Crippen LogP contribution in [-0.4, -0.2) is 55.4 Å². The molecule has 0 amide bonds. The van der Waals surface area contributed by atoms with Crippen LogP contribution in [0.25, 0.3) is 22.3 Å². The van der Waals surface area contributed by atoms with Gasteiger partial charge in [-0.3, -0.25) is 0 Å². The van der Waals surface area contributed by atoms with Crippen LogP contribution >= 0.6 is 0 Å². The SMILES string of the molecule is Nc1nccc(-c2c[nH]c3nccc(N4C[C@@H](O)[C@@H](O)C4)c23)n1. The van der Waals surface area contributed by atoms with Crippen molar-refractivity contribution in [2.45, 2.75) is 12.2 Å². The summed E-state index contributed by atoms with van der Waals surface area (Å²) in [7, 11) is 0. The smallest absolute Gasteiger partial charge is 0.220 e. The van der Waals surface area contributed by atoms with Gasteiger partial charge in [-0.1, -0.05) is 0 Å². The molecule has 1 saturated heterocycles. The Morgan fingerprint density at radius 3 is 2.61 bits per heavy atom. The molecular weight excluding hydrogens is 296 g/mol. The summed E-state index contributed by atoms with van der Waals surface area (Å²) in [4.78, 5) is 17.6. The summed E-state index contributed by atoms with van der Waals surface area (Å²) in [5, 5.41) is 20.5. The predicted octanol–water partition coefficient (Wildman–Crippen LogP) is 0.144. The normalized spacial score (nSPS) is 21.2. The monoisotopic (exact) mass is 312 g/mol. The van der Waals surface area contributed by atoms with E-state index in [0.717, 1.165) is 16.6 Å². The summed E-state index contributed by atoms with van der Waals surface area (Å²) in [5.74, 6) is 0.203. The first-order valence-electron chi connectivity index (χ1n) is 7.29. The predicted molar refractivity (Wildman–Crippen MR) is 85.8 cm³/mol. The Hall–Kier alpha value is -2.71. The standard InChI is InChI=1S/C15H16N6O2/c16-15-18-3-1-9(20-15)8-5-19-14-13(8)10(2-4-17-14)21-6-11(22)12(23)7-21/h1-5,11-12,22-23H,6-7H2,(H,17,19)(H2,16,18,20)/t11-,12+. The van der Waals surface area contributed by atoms with Crippen molar-refractivity contribution in [2.24, 2.45) is 0 Å². The number of aliphatic hydroxyl groups excluding tert-OH is 2. The van der Waals surface area contributed by atoms with E-state index < -0.39 is 12.2 Å². The van der Waals surface area contributed by atoms with Gasteiger partial charge < -0.3 is 25.8 Å². The Kier molecular flexibility index (Phi) is 3.14. The van der Waals surface area contributed by atoms with E-state index in [1.54, 1.807) is 18.5 Å². The number of aromatic amines is 1. The molecule has 1 fully saturated rings. The lowest BCUT2D eigenvalue weighted by molar-refractivity contribution is 0.0572. The average molecular weight is 312 g/mol. The van der Waals surface area contributed by atoms with Crippen molar-refractivity contribution < 1.29 is 10.2 Å². The zero-order chi connectivity index (χ0) is 16.0. The van der Waals surface area contributed by atoms with Crippen LogP contribution in [0.5, 0.6) is 0 Å². The summed E-state index contributed by atoms with van der Waals surface area (Å²) in [6.45, 7) is 0.744. The van der Waals surface area contributed by atoms with Crippen LogP contribution in [0.4, 0.5) is 11.6 Å². The summed E-state index contributed by atoms with van der Waals surface area (Å²) in [5.41, 5.74) is 8.83. The Bertz CT molecular complexity index is 854. The molecule has 0 aromatic carbocycles. The second-order valence-electron chi connectivity index (χ2n) is 5.60. The lowest BCUT2D eigenvalue weighted by atomic mass is 10.1. The van der Waals surface area contributed by atoms with Crippen LogP contribution in [0.1, 0.15) is 0 Å². The van der Waals surface area contributed by atoms with E-state index in [-0.39, 0.29) is 5.95 Å². The highest BCUT2D eigenvalue weighted by Crippen LogP contribution is 2.35. The number of nitrogens with one attached hydrogen (secondary N) is 1. The van der Waals surface area contributed by atoms with Gasteiger partial charge in [0, 0.05) is 37.2 Å². The fourth-order valence-electron chi connectivity index (χ4n) is 2.99. The summed E-state index contributed by atoms with van der Waals surface area (Å²) >= 11 is 0. The largest absolute Gasteiger partial charge is 0.389 e. The van der Waals surface area contributed by atoms with E-state index in [9.17, 15) is 10.2 Å². The number of aliphatic hydroxyl groups is 2. The zero-order valence-corrected chi connectivity index (χ0v) is 12.2. The minimum Gasteiger partial charge on any atom is -0.389 e. The number of β-amino-alcohol motifs (C(OH)–C–C–N with tert-alkyl or cyclic N) is 2. The summed E-state index contributed by atoms with van der Waals surface area (Å²) in [6, 6.07) is 3.65. The van der Waals surface area contributed by atoms with Crippen molar-refractivity contribution in [3.8, 4) is 11.3 Å². The van der Waals surface area contributed by atoms with Crippen LogP contribution in [0.15, 0.2) is 30.7 Å². The van der Waals surface area contributed by atoms with E-state index in [4.69, 9.17) is 5.73 Å². The molecule has 3 aromatic rings. The van der Waals surface area contributed by atoms with Gasteiger partial charge >= 0.3 is 0 Å². The minimum atomic E-state index is -0.754. The Morgan fingerprint density at radius 1 is 1.13 bits per heavy atom. The quantitative estimate of drug-likeness (QED) is 0.530. The first-order chi connectivity index (χ1) is 11.1. The third-order valence-electron chi connectivity index (χ3n) is 4.10. The van der Waals surface area contributed by atoms with E-state index in [2.05, 4.69) is 19.9 Å².